The average Bonchev–Trinajstić information content (AvgIpc) is 3.46. The maximum atomic E-state index is 12.6. The summed E-state index contributed by atoms with van der Waals surface area (Å²) >= 11 is 2.99. The van der Waals surface area contributed by atoms with Gasteiger partial charge in [-0.25, -0.2) is 4.79 Å². The number of hydrogen-bond acceptors (Lipinski definition) is 10. The largest absolute Gasteiger partial charge is 0.456 e. The van der Waals surface area contributed by atoms with Crippen LogP contribution in [0.25, 0.3) is 11.5 Å². The SMILES string of the molecule is CSCCC(NC(=O)c1cccc([N+](=O)[O-])c1)C(=O)OCc1noc(-c2ccsc2)n1. The number of nitrogens with one attached hydrogen (secondary N) is 1. The molecule has 0 bridgehead atoms. The van der Waals surface area contributed by atoms with Crippen LogP contribution in [0.2, 0.25) is 0 Å². The fourth-order valence-electron chi connectivity index (χ4n) is 2.54. The molecule has 0 spiro atoms. The number of rotatable bonds is 10. The first-order valence-corrected chi connectivity index (χ1v) is 11.4. The van der Waals surface area contributed by atoms with Crippen LogP contribution in [0.4, 0.5) is 5.69 Å². The molecule has 2 aromatic heterocycles. The lowest BCUT2D eigenvalue weighted by Crippen LogP contribution is -2.42. The number of ether oxygens (including phenoxy) is 1. The number of nitrogens with zero attached hydrogens (tertiary/aromatic N) is 3. The number of non-ortho nitro benzene ring substituents is 1. The van der Waals surface area contributed by atoms with E-state index in [1.54, 1.807) is 0 Å². The molecule has 0 saturated carbocycles. The second-order valence-corrected chi connectivity index (χ2v) is 8.02. The number of thiophene rings is 1. The zero-order chi connectivity index (χ0) is 22.2. The minimum Gasteiger partial charge on any atom is -0.456 e. The van der Waals surface area contributed by atoms with Gasteiger partial charge in [0.25, 0.3) is 17.5 Å². The topological polar surface area (TPSA) is 137 Å². The van der Waals surface area contributed by atoms with E-state index in [1.165, 1.54) is 41.3 Å². The standard InChI is InChI=1S/C19H18N4O6S2/c1-30-7-6-15(20-17(24)12-3-2-4-14(9-12)23(26)27)19(25)28-10-16-21-18(29-22-16)13-5-8-31-11-13/h2-5,8-9,11,15H,6-7,10H2,1H3,(H,20,24). The molecule has 2 heterocycles. The average molecular weight is 463 g/mol. The molecule has 1 N–H and O–H groups in total. The van der Waals surface area contributed by atoms with Crippen molar-refractivity contribution in [2.24, 2.45) is 0 Å². The van der Waals surface area contributed by atoms with E-state index >= 15 is 0 Å². The Morgan fingerprint density at radius 3 is 2.94 bits per heavy atom. The number of nitro groups is 1. The molecule has 1 amide bonds. The number of nitro benzene ring substituents is 1. The first-order chi connectivity index (χ1) is 15.0. The van der Waals surface area contributed by atoms with Gasteiger partial charge >= 0.3 is 5.97 Å². The molecule has 0 aliphatic carbocycles. The number of esters is 1. The summed E-state index contributed by atoms with van der Waals surface area (Å²) in [6.45, 7) is -0.213. The number of carbonyl (C=O) groups excluding carboxylic acids is 2. The van der Waals surface area contributed by atoms with Crippen LogP contribution in [0.1, 0.15) is 22.6 Å². The van der Waals surface area contributed by atoms with Gasteiger partial charge in [0.1, 0.15) is 6.04 Å². The van der Waals surface area contributed by atoms with Gasteiger partial charge in [0, 0.05) is 23.1 Å². The van der Waals surface area contributed by atoms with Crippen molar-refractivity contribution in [3.8, 4) is 11.5 Å². The van der Waals surface area contributed by atoms with Gasteiger partial charge in [0.05, 0.1) is 10.5 Å². The molecule has 0 fully saturated rings. The normalized spacial score (nSPS) is 11.6. The van der Waals surface area contributed by atoms with Crippen molar-refractivity contribution in [2.45, 2.75) is 19.1 Å². The first kappa shape index (κ1) is 22.4. The highest BCUT2D eigenvalue weighted by atomic mass is 32.2. The second-order valence-electron chi connectivity index (χ2n) is 6.25. The molecule has 10 nitrogen and oxygen atoms in total. The van der Waals surface area contributed by atoms with Crippen LogP contribution in [0.3, 0.4) is 0 Å². The zero-order valence-electron chi connectivity index (χ0n) is 16.3. The van der Waals surface area contributed by atoms with Crippen molar-refractivity contribution in [1.82, 2.24) is 15.5 Å². The molecule has 1 atom stereocenters. The number of benzene rings is 1. The van der Waals surface area contributed by atoms with E-state index in [4.69, 9.17) is 9.26 Å². The van der Waals surface area contributed by atoms with Gasteiger partial charge in [0.2, 0.25) is 5.82 Å². The van der Waals surface area contributed by atoms with Gasteiger partial charge in [-0.1, -0.05) is 11.2 Å². The second kappa shape index (κ2) is 10.7. The molecule has 162 valence electrons. The predicted molar refractivity (Wildman–Crippen MR) is 115 cm³/mol. The van der Waals surface area contributed by atoms with Crippen molar-refractivity contribution in [1.29, 1.82) is 0 Å². The Kier molecular flexibility index (Phi) is 7.73. The number of thioether (sulfide) groups is 1. The van der Waals surface area contributed by atoms with Crippen molar-refractivity contribution >= 4 is 40.7 Å². The first-order valence-electron chi connectivity index (χ1n) is 9.04. The van der Waals surface area contributed by atoms with Gasteiger partial charge in [-0.3, -0.25) is 14.9 Å². The maximum Gasteiger partial charge on any atom is 0.329 e. The number of carbonyl (C=O) groups is 2. The molecule has 0 saturated heterocycles. The van der Waals surface area contributed by atoms with Gasteiger partial charge in [0.15, 0.2) is 6.61 Å². The van der Waals surface area contributed by atoms with E-state index in [1.807, 2.05) is 23.1 Å². The van der Waals surface area contributed by atoms with Gasteiger partial charge < -0.3 is 14.6 Å². The highest BCUT2D eigenvalue weighted by molar-refractivity contribution is 7.98. The van der Waals surface area contributed by atoms with E-state index in [2.05, 4.69) is 15.5 Å². The van der Waals surface area contributed by atoms with Crippen molar-refractivity contribution in [2.75, 3.05) is 12.0 Å². The van der Waals surface area contributed by atoms with Crippen molar-refractivity contribution in [3.63, 3.8) is 0 Å². The summed E-state index contributed by atoms with van der Waals surface area (Å²) < 4.78 is 10.4. The Bertz CT molecular complexity index is 1050. The molecule has 12 heteroatoms. The highest BCUT2D eigenvalue weighted by Gasteiger charge is 2.24. The molecular formula is C19H18N4O6S2. The number of aromatic nitrogens is 2. The van der Waals surface area contributed by atoms with E-state index in [-0.39, 0.29) is 23.7 Å². The van der Waals surface area contributed by atoms with Crippen LogP contribution >= 0.6 is 23.1 Å². The summed E-state index contributed by atoms with van der Waals surface area (Å²) in [5, 5.41) is 21.0. The van der Waals surface area contributed by atoms with Gasteiger partial charge in [-0.15, -0.1) is 0 Å². The fraction of sp³-hybridized carbons (Fsp3) is 0.263. The Morgan fingerprint density at radius 1 is 1.39 bits per heavy atom. The van der Waals surface area contributed by atoms with Crippen LogP contribution < -0.4 is 5.32 Å². The molecule has 0 aliphatic heterocycles. The third-order valence-electron chi connectivity index (χ3n) is 4.10. The molecule has 3 aromatic rings. The summed E-state index contributed by atoms with van der Waals surface area (Å²) in [5.74, 6) is -0.145. The summed E-state index contributed by atoms with van der Waals surface area (Å²) in [6, 6.07) is 6.18. The lowest BCUT2D eigenvalue weighted by atomic mass is 10.1. The van der Waals surface area contributed by atoms with E-state index in [0.717, 1.165) is 11.6 Å². The molecule has 3 rings (SSSR count). The fourth-order valence-corrected chi connectivity index (χ4v) is 3.64. The lowest BCUT2D eigenvalue weighted by Gasteiger charge is -2.17. The Labute approximate surface area is 185 Å². The number of hydrogen-bond donors (Lipinski definition) is 1. The monoisotopic (exact) mass is 462 g/mol. The molecule has 1 unspecified atom stereocenters. The van der Waals surface area contributed by atoms with Crippen molar-refractivity contribution in [3.05, 3.63) is 62.6 Å². The van der Waals surface area contributed by atoms with Gasteiger partial charge in [-0.2, -0.15) is 28.1 Å². The van der Waals surface area contributed by atoms with Crippen LogP contribution in [-0.2, 0) is 16.1 Å². The lowest BCUT2D eigenvalue weighted by molar-refractivity contribution is -0.384. The summed E-state index contributed by atoms with van der Waals surface area (Å²) in [6.07, 6.45) is 2.20. The maximum absolute atomic E-state index is 12.6. The molecule has 1 aromatic carbocycles. The molecule has 0 radical (unpaired) electrons. The Morgan fingerprint density at radius 2 is 2.23 bits per heavy atom. The van der Waals surface area contributed by atoms with Crippen LogP contribution in [0.15, 0.2) is 45.6 Å². The van der Waals surface area contributed by atoms with E-state index in [9.17, 15) is 19.7 Å². The van der Waals surface area contributed by atoms with E-state index in [0.29, 0.717) is 18.1 Å². The van der Waals surface area contributed by atoms with Crippen molar-refractivity contribution < 1.29 is 23.8 Å². The number of amides is 1. The summed E-state index contributed by atoms with van der Waals surface area (Å²) in [7, 11) is 0. The van der Waals surface area contributed by atoms with Crippen LogP contribution in [-0.4, -0.2) is 45.0 Å². The Balaban J connectivity index is 1.63. The minimum absolute atomic E-state index is 0.0784. The molecule has 31 heavy (non-hydrogen) atoms. The minimum atomic E-state index is -0.928. The predicted octanol–water partition coefficient (Wildman–Crippen LogP) is 3.30. The molecule has 0 aliphatic rings. The quantitative estimate of drug-likeness (QED) is 0.273. The third kappa shape index (κ3) is 6.12. The third-order valence-corrected chi connectivity index (χ3v) is 5.43. The zero-order valence-corrected chi connectivity index (χ0v) is 18.0. The van der Waals surface area contributed by atoms with Crippen LogP contribution in [0.5, 0.6) is 0 Å². The Hall–Kier alpha value is -3.25. The summed E-state index contributed by atoms with van der Waals surface area (Å²) in [4.78, 5) is 39.6. The smallest absolute Gasteiger partial charge is 0.329 e. The van der Waals surface area contributed by atoms with Gasteiger partial charge in [-0.05, 0) is 35.9 Å². The summed E-state index contributed by atoms with van der Waals surface area (Å²) in [5.41, 5.74) is 0.640. The van der Waals surface area contributed by atoms with E-state index < -0.39 is 22.8 Å². The van der Waals surface area contributed by atoms with Crippen LogP contribution in [0, 0.1) is 10.1 Å². The molecular weight excluding hydrogens is 444 g/mol. The highest BCUT2D eigenvalue weighted by Crippen LogP contribution is 2.20.